The van der Waals surface area contributed by atoms with Crippen LogP contribution in [0.15, 0.2) is 54.6 Å². The third kappa shape index (κ3) is 2.43. The zero-order valence-electron chi connectivity index (χ0n) is 11.6. The number of anilines is 1. The predicted octanol–water partition coefficient (Wildman–Crippen LogP) is 3.20. The van der Waals surface area contributed by atoms with Crippen LogP contribution in [0.4, 0.5) is 5.69 Å². The lowest BCUT2D eigenvalue weighted by Crippen LogP contribution is -2.01. The van der Waals surface area contributed by atoms with Gasteiger partial charge in [0.15, 0.2) is 5.78 Å². The number of nitrogens with zero attached hydrogens (tertiary/aromatic N) is 1. The summed E-state index contributed by atoms with van der Waals surface area (Å²) in [5.41, 5.74) is 10.2. The number of nitrogens with two attached hydrogens (primary N) is 1. The third-order valence-electron chi connectivity index (χ3n) is 3.43. The summed E-state index contributed by atoms with van der Waals surface area (Å²) in [7, 11) is 0. The Morgan fingerprint density at radius 3 is 2.43 bits per heavy atom. The fraction of sp³-hybridized carbons (Fsp3) is 0.0588. The molecular formula is C17H15N3O. The maximum Gasteiger partial charge on any atom is 0.193 e. The van der Waals surface area contributed by atoms with Gasteiger partial charge in [0.25, 0.3) is 0 Å². The molecule has 3 aromatic rings. The summed E-state index contributed by atoms with van der Waals surface area (Å²) in [4.78, 5) is 12.5. The Hall–Kier alpha value is -2.88. The van der Waals surface area contributed by atoms with Crippen LogP contribution in [0.3, 0.4) is 0 Å². The number of nitrogen functional groups attached to an aromatic ring is 1. The highest BCUT2D eigenvalue weighted by atomic mass is 16.1. The van der Waals surface area contributed by atoms with Crippen molar-refractivity contribution in [2.45, 2.75) is 6.92 Å². The number of rotatable bonds is 3. The van der Waals surface area contributed by atoms with Crippen LogP contribution in [0, 0.1) is 6.92 Å². The minimum absolute atomic E-state index is 0.0109. The van der Waals surface area contributed by atoms with Crippen LogP contribution in [0.5, 0.6) is 0 Å². The molecule has 4 heteroatoms. The first kappa shape index (κ1) is 13.1. The lowest BCUT2D eigenvalue weighted by molar-refractivity contribution is 0.103. The number of hydrogen-bond acceptors (Lipinski definition) is 3. The first-order chi connectivity index (χ1) is 10.2. The number of benzene rings is 2. The minimum Gasteiger partial charge on any atom is -0.395 e. The molecule has 0 aliphatic carbocycles. The van der Waals surface area contributed by atoms with E-state index in [2.05, 4.69) is 10.2 Å². The number of ketones is 1. The van der Waals surface area contributed by atoms with Crippen molar-refractivity contribution in [3.63, 3.8) is 0 Å². The number of nitrogens with one attached hydrogen (secondary N) is 1. The van der Waals surface area contributed by atoms with Crippen LogP contribution < -0.4 is 5.73 Å². The molecule has 0 bridgehead atoms. The summed E-state index contributed by atoms with van der Waals surface area (Å²) >= 11 is 0. The molecule has 2 aromatic carbocycles. The van der Waals surface area contributed by atoms with E-state index in [1.807, 2.05) is 55.5 Å². The normalized spacial score (nSPS) is 10.5. The van der Waals surface area contributed by atoms with Crippen molar-refractivity contribution in [1.82, 2.24) is 10.2 Å². The zero-order chi connectivity index (χ0) is 14.8. The van der Waals surface area contributed by atoms with Crippen molar-refractivity contribution in [1.29, 1.82) is 0 Å². The number of aromatic amines is 1. The summed E-state index contributed by atoms with van der Waals surface area (Å²) in [5.74, 6) is -0.0109. The van der Waals surface area contributed by atoms with E-state index in [4.69, 9.17) is 5.73 Å². The first-order valence-electron chi connectivity index (χ1n) is 6.67. The lowest BCUT2D eigenvalue weighted by atomic mass is 10.00. The molecule has 0 spiro atoms. The molecule has 0 unspecified atom stereocenters. The third-order valence-corrected chi connectivity index (χ3v) is 3.43. The van der Waals surface area contributed by atoms with E-state index in [1.165, 1.54) is 0 Å². The maximum absolute atomic E-state index is 12.5. The van der Waals surface area contributed by atoms with Gasteiger partial charge in [-0.3, -0.25) is 9.89 Å². The molecule has 3 rings (SSSR count). The number of carbonyl (C=O) groups excluding carboxylic acids is 1. The van der Waals surface area contributed by atoms with Crippen molar-refractivity contribution in [2.75, 3.05) is 5.73 Å². The van der Waals surface area contributed by atoms with E-state index in [1.54, 1.807) is 6.07 Å². The highest BCUT2D eigenvalue weighted by Crippen LogP contribution is 2.26. The second kappa shape index (κ2) is 5.25. The van der Waals surface area contributed by atoms with Crippen molar-refractivity contribution in [3.8, 4) is 11.3 Å². The molecule has 0 radical (unpaired) electrons. The molecule has 0 aliphatic rings. The van der Waals surface area contributed by atoms with Crippen LogP contribution in [0.2, 0.25) is 0 Å². The molecular weight excluding hydrogens is 262 g/mol. The second-order valence-electron chi connectivity index (χ2n) is 4.89. The second-order valence-corrected chi connectivity index (χ2v) is 4.89. The summed E-state index contributed by atoms with van der Waals surface area (Å²) in [6.45, 7) is 1.87. The van der Waals surface area contributed by atoms with E-state index in [9.17, 15) is 4.79 Å². The molecule has 0 saturated heterocycles. The van der Waals surface area contributed by atoms with Gasteiger partial charge in [-0.25, -0.2) is 0 Å². The highest BCUT2D eigenvalue weighted by molar-refractivity contribution is 6.09. The van der Waals surface area contributed by atoms with Crippen LogP contribution in [0.1, 0.15) is 21.6 Å². The average molecular weight is 277 g/mol. The maximum atomic E-state index is 12.5. The number of H-pyrrole nitrogens is 1. The fourth-order valence-electron chi connectivity index (χ4n) is 2.22. The van der Waals surface area contributed by atoms with E-state index in [0.717, 1.165) is 11.3 Å². The van der Waals surface area contributed by atoms with Gasteiger partial charge in [-0.05, 0) is 13.0 Å². The fourth-order valence-corrected chi connectivity index (χ4v) is 2.22. The molecule has 0 aliphatic heterocycles. The Morgan fingerprint density at radius 2 is 1.76 bits per heavy atom. The Bertz CT molecular complexity index is 791. The van der Waals surface area contributed by atoms with Gasteiger partial charge in [-0.15, -0.1) is 0 Å². The van der Waals surface area contributed by atoms with Crippen LogP contribution in [-0.2, 0) is 0 Å². The molecule has 21 heavy (non-hydrogen) atoms. The van der Waals surface area contributed by atoms with Gasteiger partial charge in [-0.2, -0.15) is 5.10 Å². The predicted molar refractivity (Wildman–Crippen MR) is 83.0 cm³/mol. The zero-order valence-corrected chi connectivity index (χ0v) is 11.6. The molecule has 0 fully saturated rings. The molecule has 1 aromatic heterocycles. The van der Waals surface area contributed by atoms with Gasteiger partial charge < -0.3 is 5.73 Å². The van der Waals surface area contributed by atoms with Crippen molar-refractivity contribution in [2.24, 2.45) is 0 Å². The SMILES string of the molecule is Cc1[nH]nc(-c2cccc(C(=O)c3ccccc3)c2)c1N. The molecule has 4 nitrogen and oxygen atoms in total. The minimum atomic E-state index is -0.0109. The van der Waals surface area contributed by atoms with Gasteiger partial charge in [0, 0.05) is 16.7 Å². The quantitative estimate of drug-likeness (QED) is 0.722. The van der Waals surface area contributed by atoms with E-state index in [-0.39, 0.29) is 5.78 Å². The number of hydrogen-bond donors (Lipinski definition) is 2. The topological polar surface area (TPSA) is 71.8 Å². The van der Waals surface area contributed by atoms with Gasteiger partial charge in [0.2, 0.25) is 0 Å². The molecule has 0 saturated carbocycles. The van der Waals surface area contributed by atoms with E-state index < -0.39 is 0 Å². The molecule has 1 heterocycles. The van der Waals surface area contributed by atoms with Gasteiger partial charge in [-0.1, -0.05) is 48.5 Å². The average Bonchev–Trinajstić information content (AvgIpc) is 2.87. The van der Waals surface area contributed by atoms with E-state index in [0.29, 0.717) is 22.5 Å². The molecule has 0 amide bonds. The summed E-state index contributed by atoms with van der Waals surface area (Å²) in [6.07, 6.45) is 0. The molecule has 3 N–H and O–H groups in total. The summed E-state index contributed by atoms with van der Waals surface area (Å²) in [5, 5.41) is 7.05. The Balaban J connectivity index is 2.01. The monoisotopic (exact) mass is 277 g/mol. The number of carbonyl (C=O) groups is 1. The Morgan fingerprint density at radius 1 is 1.05 bits per heavy atom. The highest BCUT2D eigenvalue weighted by Gasteiger charge is 2.13. The van der Waals surface area contributed by atoms with Gasteiger partial charge >= 0.3 is 0 Å². The van der Waals surface area contributed by atoms with Gasteiger partial charge in [0.05, 0.1) is 11.4 Å². The van der Waals surface area contributed by atoms with Crippen LogP contribution in [0.25, 0.3) is 11.3 Å². The van der Waals surface area contributed by atoms with Crippen LogP contribution in [-0.4, -0.2) is 16.0 Å². The van der Waals surface area contributed by atoms with Gasteiger partial charge in [0.1, 0.15) is 5.69 Å². The first-order valence-corrected chi connectivity index (χ1v) is 6.67. The van der Waals surface area contributed by atoms with Crippen LogP contribution >= 0.6 is 0 Å². The number of aryl methyl sites for hydroxylation is 1. The van der Waals surface area contributed by atoms with Crippen molar-refractivity contribution >= 4 is 11.5 Å². The summed E-state index contributed by atoms with van der Waals surface area (Å²) < 4.78 is 0. The smallest absolute Gasteiger partial charge is 0.193 e. The summed E-state index contributed by atoms with van der Waals surface area (Å²) in [6, 6.07) is 16.6. The Labute approximate surface area is 122 Å². The molecule has 0 atom stereocenters. The van der Waals surface area contributed by atoms with E-state index >= 15 is 0 Å². The standard InChI is InChI=1S/C17H15N3O/c1-11-15(18)16(20-19-11)13-8-5-9-14(10-13)17(21)12-6-3-2-4-7-12/h2-10H,18H2,1H3,(H,19,20). The Kier molecular flexibility index (Phi) is 3.28. The number of aromatic nitrogens is 2. The largest absolute Gasteiger partial charge is 0.395 e. The van der Waals surface area contributed by atoms with Crippen molar-refractivity contribution in [3.05, 3.63) is 71.4 Å². The lowest BCUT2D eigenvalue weighted by Gasteiger charge is -2.04. The van der Waals surface area contributed by atoms with Crippen molar-refractivity contribution < 1.29 is 4.79 Å². The molecule has 104 valence electrons.